The fraction of sp³-hybridized carbons (Fsp3) is 0.538. The van der Waals surface area contributed by atoms with E-state index < -0.39 is 0 Å². The van der Waals surface area contributed by atoms with Gasteiger partial charge in [-0.3, -0.25) is 4.79 Å². The number of fused-ring (bicyclic) bond motifs is 2. The molecule has 2 heterocycles. The number of aryl methyl sites for hydroxylation is 1. The van der Waals surface area contributed by atoms with Crippen molar-refractivity contribution in [1.82, 2.24) is 10.3 Å². The standard InChI is InChI=1S/C13H17N3O/c1-8-3-2-4-11(14-8)16-13(17)12-9-5-6-10(7-9)15-12/h2-4,9-10,12,15H,5-7H2,1H3,(H,14,16,17)/t9-,10+,12-/m0/s1. The summed E-state index contributed by atoms with van der Waals surface area (Å²) >= 11 is 0. The van der Waals surface area contributed by atoms with Crippen molar-refractivity contribution >= 4 is 11.7 Å². The van der Waals surface area contributed by atoms with Crippen LogP contribution in [0.3, 0.4) is 0 Å². The number of rotatable bonds is 2. The third-order valence-electron chi connectivity index (χ3n) is 3.78. The Hall–Kier alpha value is -1.42. The quantitative estimate of drug-likeness (QED) is 0.810. The van der Waals surface area contributed by atoms with E-state index in [0.717, 1.165) is 12.1 Å². The number of anilines is 1. The highest BCUT2D eigenvalue weighted by Gasteiger charge is 2.42. The van der Waals surface area contributed by atoms with Crippen LogP contribution in [0.5, 0.6) is 0 Å². The zero-order valence-electron chi connectivity index (χ0n) is 9.94. The van der Waals surface area contributed by atoms with Crippen molar-refractivity contribution in [2.24, 2.45) is 5.92 Å². The normalized spacial score (nSPS) is 30.5. The van der Waals surface area contributed by atoms with E-state index in [9.17, 15) is 4.79 Å². The Morgan fingerprint density at radius 1 is 1.47 bits per heavy atom. The molecule has 4 heteroatoms. The van der Waals surface area contributed by atoms with E-state index in [2.05, 4.69) is 15.6 Å². The number of amides is 1. The minimum absolute atomic E-state index is 0.0175. The van der Waals surface area contributed by atoms with Gasteiger partial charge in [0.15, 0.2) is 0 Å². The second kappa shape index (κ2) is 4.11. The van der Waals surface area contributed by atoms with E-state index in [1.54, 1.807) is 0 Å². The summed E-state index contributed by atoms with van der Waals surface area (Å²) in [6.45, 7) is 1.92. The number of nitrogens with zero attached hydrogens (tertiary/aromatic N) is 1. The minimum Gasteiger partial charge on any atom is -0.309 e. The largest absolute Gasteiger partial charge is 0.309 e. The first kappa shape index (κ1) is 10.7. The Labute approximate surface area is 101 Å². The van der Waals surface area contributed by atoms with Crippen molar-refractivity contribution in [2.75, 3.05) is 5.32 Å². The number of aromatic nitrogens is 1. The van der Waals surface area contributed by atoms with Crippen molar-refractivity contribution in [3.63, 3.8) is 0 Å². The van der Waals surface area contributed by atoms with Crippen LogP contribution < -0.4 is 10.6 Å². The van der Waals surface area contributed by atoms with Crippen LogP contribution in [-0.4, -0.2) is 23.0 Å². The lowest BCUT2D eigenvalue weighted by atomic mass is 9.99. The second-order valence-electron chi connectivity index (χ2n) is 5.07. The van der Waals surface area contributed by atoms with Crippen molar-refractivity contribution in [3.05, 3.63) is 23.9 Å². The van der Waals surface area contributed by atoms with Gasteiger partial charge in [-0.2, -0.15) is 0 Å². The summed E-state index contributed by atoms with van der Waals surface area (Å²) < 4.78 is 0. The topological polar surface area (TPSA) is 54.0 Å². The first-order valence-electron chi connectivity index (χ1n) is 6.23. The van der Waals surface area contributed by atoms with Gasteiger partial charge in [0.05, 0.1) is 6.04 Å². The monoisotopic (exact) mass is 231 g/mol. The zero-order chi connectivity index (χ0) is 11.8. The molecule has 90 valence electrons. The van der Waals surface area contributed by atoms with Gasteiger partial charge in [0.2, 0.25) is 5.91 Å². The Balaban J connectivity index is 1.68. The third kappa shape index (κ3) is 2.05. The number of nitrogens with one attached hydrogen (secondary N) is 2. The molecule has 1 aliphatic heterocycles. The predicted octanol–water partition coefficient (Wildman–Crippen LogP) is 1.47. The predicted molar refractivity (Wildman–Crippen MR) is 65.7 cm³/mol. The number of hydrogen-bond acceptors (Lipinski definition) is 3. The molecule has 1 aliphatic carbocycles. The first-order chi connectivity index (χ1) is 8.22. The highest BCUT2D eigenvalue weighted by atomic mass is 16.2. The van der Waals surface area contributed by atoms with Gasteiger partial charge in [-0.05, 0) is 44.2 Å². The number of carbonyl (C=O) groups excluding carboxylic acids is 1. The Morgan fingerprint density at radius 2 is 2.35 bits per heavy atom. The zero-order valence-corrected chi connectivity index (χ0v) is 9.94. The molecular weight excluding hydrogens is 214 g/mol. The Kier molecular flexibility index (Phi) is 2.59. The smallest absolute Gasteiger partial charge is 0.242 e. The van der Waals surface area contributed by atoms with Crippen LogP contribution in [0.1, 0.15) is 25.0 Å². The molecule has 0 radical (unpaired) electrons. The van der Waals surface area contributed by atoms with Crippen molar-refractivity contribution in [1.29, 1.82) is 0 Å². The van der Waals surface area contributed by atoms with Crippen LogP contribution in [0.2, 0.25) is 0 Å². The first-order valence-corrected chi connectivity index (χ1v) is 6.23. The molecule has 1 saturated heterocycles. The van der Waals surface area contributed by atoms with E-state index in [1.807, 2.05) is 25.1 Å². The number of pyridine rings is 1. The summed E-state index contributed by atoms with van der Waals surface area (Å²) in [5.41, 5.74) is 0.920. The summed E-state index contributed by atoms with van der Waals surface area (Å²) in [6.07, 6.45) is 3.55. The molecule has 3 atom stereocenters. The second-order valence-corrected chi connectivity index (χ2v) is 5.07. The van der Waals surface area contributed by atoms with Gasteiger partial charge in [0.1, 0.15) is 5.82 Å². The highest BCUT2D eigenvalue weighted by Crippen LogP contribution is 2.35. The molecule has 1 aromatic heterocycles. The Morgan fingerprint density at radius 3 is 3.00 bits per heavy atom. The Bertz CT molecular complexity index is 446. The molecule has 2 aliphatic rings. The van der Waals surface area contributed by atoms with Crippen LogP contribution in [0.15, 0.2) is 18.2 Å². The third-order valence-corrected chi connectivity index (χ3v) is 3.78. The highest BCUT2D eigenvalue weighted by molar-refractivity contribution is 5.94. The van der Waals surface area contributed by atoms with E-state index in [-0.39, 0.29) is 11.9 Å². The maximum absolute atomic E-state index is 12.1. The average molecular weight is 231 g/mol. The van der Waals surface area contributed by atoms with E-state index in [4.69, 9.17) is 0 Å². The van der Waals surface area contributed by atoms with Crippen LogP contribution in [0.25, 0.3) is 0 Å². The summed E-state index contributed by atoms with van der Waals surface area (Å²) in [5.74, 6) is 1.24. The van der Waals surface area contributed by atoms with Gasteiger partial charge >= 0.3 is 0 Å². The summed E-state index contributed by atoms with van der Waals surface area (Å²) in [6, 6.07) is 6.20. The summed E-state index contributed by atoms with van der Waals surface area (Å²) in [7, 11) is 0. The molecule has 4 nitrogen and oxygen atoms in total. The van der Waals surface area contributed by atoms with Crippen LogP contribution in [-0.2, 0) is 4.79 Å². The fourth-order valence-electron chi connectivity index (χ4n) is 2.97. The molecule has 2 N–H and O–H groups in total. The van der Waals surface area contributed by atoms with E-state index >= 15 is 0 Å². The number of piperidine rings is 1. The van der Waals surface area contributed by atoms with Gasteiger partial charge in [-0.15, -0.1) is 0 Å². The van der Waals surface area contributed by atoms with Gasteiger partial charge in [0.25, 0.3) is 0 Å². The van der Waals surface area contributed by atoms with Gasteiger partial charge in [-0.25, -0.2) is 4.98 Å². The van der Waals surface area contributed by atoms with Crippen molar-refractivity contribution in [3.8, 4) is 0 Å². The fourth-order valence-corrected chi connectivity index (χ4v) is 2.97. The summed E-state index contributed by atoms with van der Waals surface area (Å²) in [5, 5.41) is 6.28. The molecule has 0 unspecified atom stereocenters. The molecule has 0 spiro atoms. The molecular formula is C13H17N3O. The molecule has 17 heavy (non-hydrogen) atoms. The summed E-state index contributed by atoms with van der Waals surface area (Å²) in [4.78, 5) is 16.4. The molecule has 1 aromatic rings. The molecule has 1 saturated carbocycles. The van der Waals surface area contributed by atoms with Crippen molar-refractivity contribution < 1.29 is 4.79 Å². The lowest BCUT2D eigenvalue weighted by Gasteiger charge is -2.21. The molecule has 0 aromatic carbocycles. The average Bonchev–Trinajstić information content (AvgIpc) is 2.90. The molecule has 3 rings (SSSR count). The maximum atomic E-state index is 12.1. The SMILES string of the molecule is Cc1cccc(NC(=O)[C@H]2N[C@@H]3CC[C@H]2C3)n1. The maximum Gasteiger partial charge on any atom is 0.242 e. The van der Waals surface area contributed by atoms with Gasteiger partial charge < -0.3 is 10.6 Å². The lowest BCUT2D eigenvalue weighted by Crippen LogP contribution is -2.44. The molecule has 1 amide bonds. The lowest BCUT2D eigenvalue weighted by molar-refractivity contribution is -0.119. The van der Waals surface area contributed by atoms with E-state index in [0.29, 0.717) is 17.8 Å². The van der Waals surface area contributed by atoms with Crippen molar-refractivity contribution in [2.45, 2.75) is 38.3 Å². The van der Waals surface area contributed by atoms with Gasteiger partial charge in [-0.1, -0.05) is 6.07 Å². The van der Waals surface area contributed by atoms with Gasteiger partial charge in [0, 0.05) is 11.7 Å². The minimum atomic E-state index is -0.0175. The van der Waals surface area contributed by atoms with Crippen LogP contribution in [0.4, 0.5) is 5.82 Å². The van der Waals surface area contributed by atoms with E-state index in [1.165, 1.54) is 12.8 Å². The molecule has 2 fully saturated rings. The molecule has 2 bridgehead atoms. The van der Waals surface area contributed by atoms with Crippen LogP contribution in [0, 0.1) is 12.8 Å². The number of carbonyl (C=O) groups is 1. The van der Waals surface area contributed by atoms with Crippen LogP contribution >= 0.6 is 0 Å². The number of hydrogen-bond donors (Lipinski definition) is 2.